The molecule has 1 aliphatic heterocycles. The lowest BCUT2D eigenvalue weighted by Gasteiger charge is -2.38. The molecule has 4 nitrogen and oxygen atoms in total. The van der Waals surface area contributed by atoms with Gasteiger partial charge in [0.05, 0.1) is 12.7 Å². The smallest absolute Gasteiger partial charge is 0.236 e. The van der Waals surface area contributed by atoms with Crippen molar-refractivity contribution in [1.29, 1.82) is 0 Å². The summed E-state index contributed by atoms with van der Waals surface area (Å²) in [6, 6.07) is 0. The van der Waals surface area contributed by atoms with Gasteiger partial charge < -0.3 is 10.6 Å². The quantitative estimate of drug-likeness (QED) is 0.891. The summed E-state index contributed by atoms with van der Waals surface area (Å²) in [4.78, 5) is 17.7. The van der Waals surface area contributed by atoms with E-state index in [1.54, 1.807) is 6.20 Å². The van der Waals surface area contributed by atoms with Crippen LogP contribution in [0, 0.1) is 0 Å². The number of nitrogens with two attached hydrogens (primary N) is 1. The zero-order valence-electron chi connectivity index (χ0n) is 9.78. The van der Waals surface area contributed by atoms with E-state index in [2.05, 4.69) is 11.9 Å². The van der Waals surface area contributed by atoms with E-state index in [4.69, 9.17) is 17.3 Å². The minimum absolute atomic E-state index is 0.0317. The third-order valence-corrected chi connectivity index (χ3v) is 4.81. The lowest BCUT2D eigenvalue weighted by molar-refractivity contribution is -0.131. The average Bonchev–Trinajstić information content (AvgIpc) is 2.77. The van der Waals surface area contributed by atoms with Crippen LogP contribution in [0.1, 0.15) is 24.8 Å². The van der Waals surface area contributed by atoms with Crippen LogP contribution >= 0.6 is 22.9 Å². The van der Waals surface area contributed by atoms with Crippen LogP contribution in [-0.2, 0) is 10.2 Å². The van der Waals surface area contributed by atoms with Crippen LogP contribution in [0.25, 0.3) is 0 Å². The molecule has 6 heteroatoms. The van der Waals surface area contributed by atoms with Crippen molar-refractivity contribution in [1.82, 2.24) is 9.88 Å². The molecule has 94 valence electrons. The van der Waals surface area contributed by atoms with E-state index in [0.717, 1.165) is 35.3 Å². The fourth-order valence-corrected chi connectivity index (χ4v) is 3.24. The van der Waals surface area contributed by atoms with E-state index in [9.17, 15) is 4.79 Å². The normalized spacial score (nSPS) is 19.4. The summed E-state index contributed by atoms with van der Waals surface area (Å²) in [6.07, 6.45) is 3.54. The first-order chi connectivity index (χ1) is 8.05. The Morgan fingerprint density at radius 2 is 2.29 bits per heavy atom. The summed E-state index contributed by atoms with van der Waals surface area (Å²) in [7, 11) is 0. The molecule has 0 unspecified atom stereocenters. The van der Waals surface area contributed by atoms with Crippen LogP contribution in [0.3, 0.4) is 0 Å². The SMILES string of the molecule is CC1(c2ncc(Cl)s2)CCN(C(=O)CN)CC1. The maximum absolute atomic E-state index is 11.5. The lowest BCUT2D eigenvalue weighted by atomic mass is 9.81. The summed E-state index contributed by atoms with van der Waals surface area (Å²) >= 11 is 7.45. The molecule has 0 spiro atoms. The topological polar surface area (TPSA) is 59.2 Å². The number of amides is 1. The Kier molecular flexibility index (Phi) is 3.70. The van der Waals surface area contributed by atoms with E-state index < -0.39 is 0 Å². The Hall–Kier alpha value is -0.650. The van der Waals surface area contributed by atoms with Crippen molar-refractivity contribution in [2.24, 2.45) is 5.73 Å². The van der Waals surface area contributed by atoms with E-state index in [-0.39, 0.29) is 17.9 Å². The minimum atomic E-state index is 0.0317. The molecule has 0 aliphatic carbocycles. The third kappa shape index (κ3) is 2.61. The molecule has 2 heterocycles. The molecule has 1 aliphatic rings. The van der Waals surface area contributed by atoms with Gasteiger partial charge in [-0.25, -0.2) is 4.98 Å². The molecule has 0 aromatic carbocycles. The van der Waals surface area contributed by atoms with Gasteiger partial charge in [0.1, 0.15) is 9.34 Å². The Balaban J connectivity index is 2.05. The minimum Gasteiger partial charge on any atom is -0.342 e. The molecule has 1 amide bonds. The van der Waals surface area contributed by atoms with E-state index in [0.29, 0.717) is 0 Å². The molecule has 2 rings (SSSR count). The van der Waals surface area contributed by atoms with Crippen LogP contribution in [0.15, 0.2) is 6.20 Å². The Morgan fingerprint density at radius 1 is 1.65 bits per heavy atom. The van der Waals surface area contributed by atoms with Crippen molar-refractivity contribution in [2.75, 3.05) is 19.6 Å². The molecule has 0 bridgehead atoms. The molecule has 17 heavy (non-hydrogen) atoms. The summed E-state index contributed by atoms with van der Waals surface area (Å²) in [5.41, 5.74) is 5.41. The zero-order valence-corrected chi connectivity index (χ0v) is 11.4. The number of thiazole rings is 1. The van der Waals surface area contributed by atoms with Gasteiger partial charge >= 0.3 is 0 Å². The molecule has 1 saturated heterocycles. The largest absolute Gasteiger partial charge is 0.342 e. The maximum Gasteiger partial charge on any atom is 0.236 e. The van der Waals surface area contributed by atoms with Gasteiger partial charge in [-0.3, -0.25) is 4.79 Å². The van der Waals surface area contributed by atoms with Crippen LogP contribution < -0.4 is 5.73 Å². The standard InChI is InChI=1S/C11H16ClN3OS/c1-11(10-14-7-8(12)17-10)2-4-15(5-3-11)9(16)6-13/h7H,2-6,13H2,1H3. The van der Waals surface area contributed by atoms with Crippen LogP contribution in [0.5, 0.6) is 0 Å². The zero-order chi connectivity index (χ0) is 12.5. The Labute approximate surface area is 110 Å². The summed E-state index contributed by atoms with van der Waals surface area (Å²) < 4.78 is 0.724. The predicted molar refractivity (Wildman–Crippen MR) is 69.3 cm³/mol. The lowest BCUT2D eigenvalue weighted by Crippen LogP contribution is -2.45. The average molecular weight is 274 g/mol. The van der Waals surface area contributed by atoms with Gasteiger partial charge in [-0.1, -0.05) is 18.5 Å². The number of carbonyl (C=O) groups excluding carboxylic acids is 1. The number of likely N-dealkylation sites (tertiary alicyclic amines) is 1. The first kappa shape index (κ1) is 12.8. The fraction of sp³-hybridized carbons (Fsp3) is 0.636. The monoisotopic (exact) mass is 273 g/mol. The van der Waals surface area contributed by atoms with Crippen molar-refractivity contribution < 1.29 is 4.79 Å². The molecule has 0 atom stereocenters. The van der Waals surface area contributed by atoms with Gasteiger partial charge in [-0.15, -0.1) is 11.3 Å². The number of rotatable bonds is 2. The number of carbonyl (C=O) groups is 1. The highest BCUT2D eigenvalue weighted by Gasteiger charge is 2.35. The number of aromatic nitrogens is 1. The second-order valence-electron chi connectivity index (χ2n) is 4.62. The third-order valence-electron chi connectivity index (χ3n) is 3.39. The second kappa shape index (κ2) is 4.92. The molecule has 2 N–H and O–H groups in total. The van der Waals surface area contributed by atoms with E-state index >= 15 is 0 Å². The molecule has 1 fully saturated rings. The summed E-state index contributed by atoms with van der Waals surface area (Å²) in [6.45, 7) is 3.79. The fourth-order valence-electron chi connectivity index (χ4n) is 2.13. The van der Waals surface area contributed by atoms with Gasteiger partial charge in [0, 0.05) is 18.5 Å². The van der Waals surface area contributed by atoms with Crippen LogP contribution in [0.4, 0.5) is 0 Å². The van der Waals surface area contributed by atoms with Gasteiger partial charge in [0.25, 0.3) is 0 Å². The number of halogens is 1. The highest BCUT2D eigenvalue weighted by molar-refractivity contribution is 7.15. The van der Waals surface area contributed by atoms with Crippen molar-refractivity contribution in [3.05, 3.63) is 15.5 Å². The maximum atomic E-state index is 11.5. The summed E-state index contributed by atoms with van der Waals surface area (Å²) in [5, 5.41) is 1.07. The predicted octanol–water partition coefficient (Wildman–Crippen LogP) is 1.64. The van der Waals surface area contributed by atoms with Gasteiger partial charge in [-0.2, -0.15) is 0 Å². The van der Waals surface area contributed by atoms with Crippen LogP contribution in [-0.4, -0.2) is 35.4 Å². The highest BCUT2D eigenvalue weighted by atomic mass is 35.5. The first-order valence-electron chi connectivity index (χ1n) is 5.65. The number of nitrogens with zero attached hydrogens (tertiary/aromatic N) is 2. The number of hydrogen-bond donors (Lipinski definition) is 1. The molecule has 1 aromatic heterocycles. The Bertz CT molecular complexity index is 413. The summed E-state index contributed by atoms with van der Waals surface area (Å²) in [5.74, 6) is 0.0317. The molecular formula is C11H16ClN3OS. The second-order valence-corrected chi connectivity index (χ2v) is 6.28. The molecule has 0 saturated carbocycles. The van der Waals surface area contributed by atoms with Gasteiger partial charge in [0.2, 0.25) is 5.91 Å². The molecule has 0 radical (unpaired) electrons. The molecular weight excluding hydrogens is 258 g/mol. The molecule has 1 aromatic rings. The Morgan fingerprint density at radius 3 is 2.76 bits per heavy atom. The van der Waals surface area contributed by atoms with Crippen molar-refractivity contribution >= 4 is 28.8 Å². The number of piperidine rings is 1. The highest BCUT2D eigenvalue weighted by Crippen LogP contribution is 2.38. The first-order valence-corrected chi connectivity index (χ1v) is 6.84. The van der Waals surface area contributed by atoms with Gasteiger partial charge in [0.15, 0.2) is 0 Å². The van der Waals surface area contributed by atoms with E-state index in [1.165, 1.54) is 11.3 Å². The van der Waals surface area contributed by atoms with Crippen LogP contribution in [0.2, 0.25) is 4.34 Å². The van der Waals surface area contributed by atoms with E-state index in [1.807, 2.05) is 4.90 Å². The van der Waals surface area contributed by atoms with Gasteiger partial charge in [-0.05, 0) is 12.8 Å². The van der Waals surface area contributed by atoms with Crippen molar-refractivity contribution in [3.8, 4) is 0 Å². The van der Waals surface area contributed by atoms with Crippen molar-refractivity contribution in [2.45, 2.75) is 25.2 Å². The van der Waals surface area contributed by atoms with Crippen molar-refractivity contribution in [3.63, 3.8) is 0 Å². The number of hydrogen-bond acceptors (Lipinski definition) is 4.